The Balaban J connectivity index is 2.01. The van der Waals surface area contributed by atoms with Crippen LogP contribution in [0.3, 0.4) is 0 Å². The quantitative estimate of drug-likeness (QED) is 0.393. The van der Waals surface area contributed by atoms with Gasteiger partial charge in [-0.05, 0) is 17.5 Å². The first kappa shape index (κ1) is 17.2. The van der Waals surface area contributed by atoms with Crippen molar-refractivity contribution in [2.24, 2.45) is 5.10 Å². The molecule has 0 aliphatic heterocycles. The van der Waals surface area contributed by atoms with Crippen LogP contribution in [-0.2, 0) is 0 Å². The van der Waals surface area contributed by atoms with Gasteiger partial charge in [-0.15, -0.1) is 0 Å². The smallest absolute Gasteiger partial charge is 0.271 e. The van der Waals surface area contributed by atoms with E-state index in [9.17, 15) is 20.2 Å². The van der Waals surface area contributed by atoms with E-state index in [0.717, 1.165) is 17.2 Å². The van der Waals surface area contributed by atoms with E-state index >= 15 is 0 Å². The molecule has 0 aliphatic carbocycles. The van der Waals surface area contributed by atoms with Gasteiger partial charge in [-0.3, -0.25) is 25.7 Å². The number of nitro benzene ring substituents is 2. The van der Waals surface area contributed by atoms with Crippen molar-refractivity contribution < 1.29 is 9.85 Å². The van der Waals surface area contributed by atoms with Crippen LogP contribution in [0.4, 0.5) is 17.1 Å². The highest BCUT2D eigenvalue weighted by Gasteiger charge is 2.19. The second-order valence-corrected chi connectivity index (χ2v) is 5.95. The Bertz CT molecular complexity index is 972. The second kappa shape index (κ2) is 7.53. The second-order valence-electron chi connectivity index (χ2n) is 5.17. The number of hydrogen-bond acceptors (Lipinski definition) is 7. The number of anilines is 1. The van der Waals surface area contributed by atoms with Gasteiger partial charge in [0.05, 0.1) is 21.6 Å². The number of non-ortho nitro benzene ring substituents is 1. The summed E-state index contributed by atoms with van der Waals surface area (Å²) in [7, 11) is 0. The Kier molecular flexibility index (Phi) is 4.99. The lowest BCUT2D eigenvalue weighted by Gasteiger charge is -2.07. The van der Waals surface area contributed by atoms with Gasteiger partial charge in [-0.2, -0.15) is 16.4 Å². The molecule has 0 bridgehead atoms. The molecule has 0 fully saturated rings. The van der Waals surface area contributed by atoms with Crippen molar-refractivity contribution in [2.75, 3.05) is 5.43 Å². The van der Waals surface area contributed by atoms with Gasteiger partial charge in [0.25, 0.3) is 5.69 Å². The van der Waals surface area contributed by atoms with Gasteiger partial charge in [0, 0.05) is 22.6 Å². The Morgan fingerprint density at radius 3 is 2.35 bits per heavy atom. The first-order chi connectivity index (χ1) is 12.6. The highest BCUT2D eigenvalue weighted by atomic mass is 32.1. The van der Waals surface area contributed by atoms with Crippen LogP contribution in [0.2, 0.25) is 0 Å². The van der Waals surface area contributed by atoms with E-state index in [2.05, 4.69) is 10.5 Å². The summed E-state index contributed by atoms with van der Waals surface area (Å²) in [6.45, 7) is 0. The highest BCUT2D eigenvalue weighted by Crippen LogP contribution is 2.29. The Labute approximate surface area is 151 Å². The van der Waals surface area contributed by atoms with E-state index in [1.165, 1.54) is 23.5 Å². The van der Waals surface area contributed by atoms with Crippen LogP contribution in [0.1, 0.15) is 11.1 Å². The summed E-state index contributed by atoms with van der Waals surface area (Å²) in [5.74, 6) is 0. The molecule has 2 aromatic carbocycles. The van der Waals surface area contributed by atoms with Gasteiger partial charge < -0.3 is 0 Å². The molecule has 0 saturated heterocycles. The Hall–Kier alpha value is -3.59. The summed E-state index contributed by atoms with van der Waals surface area (Å²) in [4.78, 5) is 20.7. The van der Waals surface area contributed by atoms with Gasteiger partial charge in [-0.1, -0.05) is 30.3 Å². The molecule has 3 aromatic rings. The maximum Gasteiger partial charge on any atom is 0.301 e. The summed E-state index contributed by atoms with van der Waals surface area (Å²) in [5.41, 5.74) is 4.29. The molecular formula is C17H12N4O4S. The average Bonchev–Trinajstić information content (AvgIpc) is 3.17. The average molecular weight is 368 g/mol. The van der Waals surface area contributed by atoms with E-state index in [1.54, 1.807) is 0 Å². The topological polar surface area (TPSA) is 111 Å². The minimum Gasteiger partial charge on any atom is -0.271 e. The molecule has 0 saturated carbocycles. The summed E-state index contributed by atoms with van der Waals surface area (Å²) in [6.07, 6.45) is 0. The van der Waals surface area contributed by atoms with Gasteiger partial charge in [0.1, 0.15) is 5.69 Å². The fourth-order valence-corrected chi connectivity index (χ4v) is 2.93. The zero-order valence-electron chi connectivity index (χ0n) is 13.2. The molecule has 26 heavy (non-hydrogen) atoms. The van der Waals surface area contributed by atoms with E-state index < -0.39 is 15.5 Å². The summed E-state index contributed by atoms with van der Waals surface area (Å²) >= 11 is 1.51. The van der Waals surface area contributed by atoms with Crippen molar-refractivity contribution in [3.8, 4) is 0 Å². The van der Waals surface area contributed by atoms with Crippen LogP contribution in [0, 0.1) is 20.2 Å². The first-order valence-corrected chi connectivity index (χ1v) is 8.35. The number of nitrogens with zero attached hydrogens (tertiary/aromatic N) is 3. The number of hydrogen-bond donors (Lipinski definition) is 1. The SMILES string of the molecule is O=[N+]([O-])c1ccc(N/N=C(/c2ccccc2)c2ccsc2)c([N+](=O)[O-])c1. The van der Waals surface area contributed by atoms with Gasteiger partial charge in [0.15, 0.2) is 0 Å². The molecule has 0 aliphatic rings. The fraction of sp³-hybridized carbons (Fsp3) is 0. The maximum absolute atomic E-state index is 11.2. The van der Waals surface area contributed by atoms with E-state index in [0.29, 0.717) is 5.71 Å². The van der Waals surface area contributed by atoms with E-state index in [-0.39, 0.29) is 11.4 Å². The maximum atomic E-state index is 11.2. The molecule has 9 heteroatoms. The molecule has 8 nitrogen and oxygen atoms in total. The van der Waals surface area contributed by atoms with Crippen LogP contribution < -0.4 is 5.43 Å². The molecule has 0 atom stereocenters. The molecule has 0 unspecified atom stereocenters. The number of benzene rings is 2. The lowest BCUT2D eigenvalue weighted by atomic mass is 10.1. The van der Waals surface area contributed by atoms with Crippen molar-refractivity contribution in [1.29, 1.82) is 0 Å². The number of nitro groups is 2. The van der Waals surface area contributed by atoms with Gasteiger partial charge >= 0.3 is 5.69 Å². The van der Waals surface area contributed by atoms with Crippen molar-refractivity contribution >= 4 is 34.1 Å². The third-order valence-electron chi connectivity index (χ3n) is 3.52. The van der Waals surface area contributed by atoms with Crippen molar-refractivity contribution in [3.63, 3.8) is 0 Å². The van der Waals surface area contributed by atoms with Crippen LogP contribution in [-0.4, -0.2) is 15.6 Å². The minimum atomic E-state index is -0.683. The Morgan fingerprint density at radius 2 is 1.73 bits per heavy atom. The number of nitrogens with one attached hydrogen (secondary N) is 1. The molecule has 1 heterocycles. The molecule has 1 N–H and O–H groups in total. The minimum absolute atomic E-state index is 0.0734. The zero-order chi connectivity index (χ0) is 18.5. The van der Waals surface area contributed by atoms with Crippen molar-refractivity contribution in [1.82, 2.24) is 0 Å². The molecular weight excluding hydrogens is 356 g/mol. The fourth-order valence-electron chi connectivity index (χ4n) is 2.29. The predicted molar refractivity (Wildman–Crippen MR) is 99.8 cm³/mol. The van der Waals surface area contributed by atoms with Crippen molar-refractivity contribution in [2.45, 2.75) is 0 Å². The van der Waals surface area contributed by atoms with Gasteiger partial charge in [-0.25, -0.2) is 0 Å². The standard InChI is InChI=1S/C17H12N4O4S/c22-20(23)14-6-7-15(16(10-14)21(24)25)18-19-17(13-8-9-26-11-13)12-4-2-1-3-5-12/h1-11,18H/b19-17-. The van der Waals surface area contributed by atoms with Crippen LogP contribution in [0.15, 0.2) is 70.5 Å². The number of rotatable bonds is 6. The zero-order valence-corrected chi connectivity index (χ0v) is 14.1. The highest BCUT2D eigenvalue weighted by molar-refractivity contribution is 7.08. The molecule has 3 rings (SSSR count). The molecule has 1 aromatic heterocycles. The third kappa shape index (κ3) is 3.73. The molecule has 0 amide bonds. The van der Waals surface area contributed by atoms with Crippen LogP contribution in [0.5, 0.6) is 0 Å². The monoisotopic (exact) mass is 368 g/mol. The predicted octanol–water partition coefficient (Wildman–Crippen LogP) is 4.43. The van der Waals surface area contributed by atoms with Gasteiger partial charge in [0.2, 0.25) is 0 Å². The first-order valence-electron chi connectivity index (χ1n) is 7.41. The third-order valence-corrected chi connectivity index (χ3v) is 4.20. The lowest BCUT2D eigenvalue weighted by molar-refractivity contribution is -0.393. The summed E-state index contributed by atoms with van der Waals surface area (Å²) < 4.78 is 0. The van der Waals surface area contributed by atoms with Crippen LogP contribution in [0.25, 0.3) is 0 Å². The number of thiophene rings is 1. The molecule has 0 radical (unpaired) electrons. The summed E-state index contributed by atoms with van der Waals surface area (Å²) in [6, 6.07) is 14.6. The van der Waals surface area contributed by atoms with Crippen LogP contribution >= 0.6 is 11.3 Å². The van der Waals surface area contributed by atoms with E-state index in [4.69, 9.17) is 0 Å². The molecule has 0 spiro atoms. The number of hydrazone groups is 1. The normalized spacial score (nSPS) is 11.2. The molecule has 130 valence electrons. The van der Waals surface area contributed by atoms with E-state index in [1.807, 2.05) is 47.2 Å². The summed E-state index contributed by atoms with van der Waals surface area (Å²) in [5, 5.41) is 30.2. The largest absolute Gasteiger partial charge is 0.301 e. The lowest BCUT2D eigenvalue weighted by Crippen LogP contribution is -2.06. The Morgan fingerprint density at radius 1 is 0.962 bits per heavy atom. The van der Waals surface area contributed by atoms with Crippen molar-refractivity contribution in [3.05, 3.63) is 96.7 Å².